The van der Waals surface area contributed by atoms with Gasteiger partial charge in [-0.25, -0.2) is 9.18 Å². The summed E-state index contributed by atoms with van der Waals surface area (Å²) in [6, 6.07) is 0.926. The first-order chi connectivity index (χ1) is 14.4. The van der Waals surface area contributed by atoms with Crippen molar-refractivity contribution in [3.05, 3.63) is 33.9 Å². The Morgan fingerprint density at radius 3 is 2.73 bits per heavy atom. The Balaban J connectivity index is 1.90. The van der Waals surface area contributed by atoms with Crippen LogP contribution in [0.1, 0.15) is 42.1 Å². The van der Waals surface area contributed by atoms with Crippen molar-refractivity contribution in [2.24, 2.45) is 11.7 Å². The fourth-order valence-corrected chi connectivity index (χ4v) is 4.39. The number of methoxy groups -OCH3 is 1. The van der Waals surface area contributed by atoms with Gasteiger partial charge in [0.15, 0.2) is 11.6 Å². The predicted molar refractivity (Wildman–Crippen MR) is 109 cm³/mol. The van der Waals surface area contributed by atoms with Crippen molar-refractivity contribution in [3.8, 4) is 5.75 Å². The van der Waals surface area contributed by atoms with Gasteiger partial charge in [0.05, 0.1) is 18.0 Å². The average Bonchev–Trinajstić information content (AvgIpc) is 3.48. The van der Waals surface area contributed by atoms with E-state index in [0.29, 0.717) is 31.4 Å². The lowest BCUT2D eigenvalue weighted by molar-refractivity contribution is -0.108. The third-order valence-corrected chi connectivity index (χ3v) is 6.04. The minimum Gasteiger partial charge on any atom is -0.492 e. The van der Waals surface area contributed by atoms with Crippen molar-refractivity contribution in [2.75, 3.05) is 25.1 Å². The van der Waals surface area contributed by atoms with Crippen LogP contribution >= 0.6 is 0 Å². The Morgan fingerprint density at radius 2 is 2.13 bits per heavy atom. The third kappa shape index (κ3) is 3.32. The van der Waals surface area contributed by atoms with Crippen LogP contribution in [0.25, 0.3) is 10.9 Å². The number of carboxylic acids is 1. The van der Waals surface area contributed by atoms with Crippen LogP contribution in [0.5, 0.6) is 5.75 Å². The molecule has 0 unspecified atom stereocenters. The van der Waals surface area contributed by atoms with Crippen molar-refractivity contribution in [3.63, 3.8) is 0 Å². The third-order valence-electron chi connectivity index (χ3n) is 6.04. The van der Waals surface area contributed by atoms with Crippen molar-refractivity contribution < 1.29 is 23.8 Å². The maximum atomic E-state index is 15.3. The fourth-order valence-electron chi connectivity index (χ4n) is 4.39. The molecule has 2 heterocycles. The summed E-state index contributed by atoms with van der Waals surface area (Å²) in [5.74, 6) is -1.77. The van der Waals surface area contributed by atoms with Crippen molar-refractivity contribution >= 4 is 28.8 Å². The molecule has 0 spiro atoms. The van der Waals surface area contributed by atoms with E-state index in [2.05, 4.69) is 0 Å². The van der Waals surface area contributed by atoms with E-state index in [0.717, 1.165) is 25.2 Å². The molecule has 1 aromatic heterocycles. The molecule has 2 aliphatic rings. The standard InChI is InChI=1S/C21H24FN3O5/c1-30-20-17-13(19(27)14(21(28)29)9-25(17)12-4-5-12)7-15(22)18(20)24-8-11(3-2-6-26)16(23)10-24/h6-7,9,11-12,16H,2-5,8,10,23H2,1H3,(H,28,29)/t11-,16+/m0/s1. The highest BCUT2D eigenvalue weighted by Gasteiger charge is 2.35. The summed E-state index contributed by atoms with van der Waals surface area (Å²) >= 11 is 0. The molecule has 3 N–H and O–H groups in total. The zero-order valence-electron chi connectivity index (χ0n) is 16.6. The number of nitrogens with zero attached hydrogens (tertiary/aromatic N) is 2. The molecule has 0 radical (unpaired) electrons. The number of hydrogen-bond donors (Lipinski definition) is 2. The number of aromatic nitrogens is 1. The number of carbonyl (C=O) groups excluding carboxylic acids is 1. The van der Waals surface area contributed by atoms with Crippen LogP contribution in [0.2, 0.25) is 0 Å². The van der Waals surface area contributed by atoms with Gasteiger partial charge < -0.3 is 29.8 Å². The number of nitrogens with two attached hydrogens (primary N) is 1. The summed E-state index contributed by atoms with van der Waals surface area (Å²) in [7, 11) is 1.41. The van der Waals surface area contributed by atoms with E-state index in [4.69, 9.17) is 10.5 Å². The summed E-state index contributed by atoms with van der Waals surface area (Å²) < 4.78 is 22.6. The summed E-state index contributed by atoms with van der Waals surface area (Å²) in [6.07, 6.45) is 4.87. The van der Waals surface area contributed by atoms with Crippen LogP contribution in [0.3, 0.4) is 0 Å². The molecule has 4 rings (SSSR count). The molecular formula is C21H24FN3O5. The Morgan fingerprint density at radius 1 is 1.40 bits per heavy atom. The van der Waals surface area contributed by atoms with Crippen LogP contribution in [-0.4, -0.2) is 48.2 Å². The molecule has 0 bridgehead atoms. The minimum atomic E-state index is -1.34. The number of ether oxygens (including phenoxy) is 1. The van der Waals surface area contributed by atoms with Gasteiger partial charge in [-0.15, -0.1) is 0 Å². The van der Waals surface area contributed by atoms with Gasteiger partial charge in [0.2, 0.25) is 5.43 Å². The number of aromatic carboxylic acids is 1. The van der Waals surface area contributed by atoms with E-state index in [1.807, 2.05) is 0 Å². The lowest BCUT2D eigenvalue weighted by Gasteiger charge is -2.24. The Hall–Kier alpha value is -2.94. The van der Waals surface area contributed by atoms with Crippen LogP contribution < -0.4 is 20.8 Å². The molecule has 1 saturated carbocycles. The van der Waals surface area contributed by atoms with Crippen molar-refractivity contribution in [1.29, 1.82) is 0 Å². The molecule has 0 amide bonds. The SMILES string of the molecule is COc1c(N2C[C@H](CCC=O)[C@H](N)C2)c(F)cc2c(=O)c(C(=O)O)cn(C3CC3)c12. The first kappa shape index (κ1) is 20.3. The van der Waals surface area contributed by atoms with E-state index in [-0.39, 0.29) is 40.4 Å². The maximum Gasteiger partial charge on any atom is 0.341 e. The molecule has 8 nitrogen and oxygen atoms in total. The predicted octanol–water partition coefficient (Wildman–Crippen LogP) is 1.92. The quantitative estimate of drug-likeness (QED) is 0.662. The van der Waals surface area contributed by atoms with E-state index in [1.165, 1.54) is 13.3 Å². The minimum absolute atomic E-state index is 0.0131. The Bertz CT molecular complexity index is 1080. The van der Waals surface area contributed by atoms with Gasteiger partial charge in [0.1, 0.15) is 17.5 Å². The zero-order valence-corrected chi connectivity index (χ0v) is 16.6. The number of halogens is 1. The van der Waals surface area contributed by atoms with E-state index in [9.17, 15) is 19.5 Å². The molecule has 2 aromatic rings. The molecule has 160 valence electrons. The lowest BCUT2D eigenvalue weighted by Crippen LogP contribution is -2.30. The smallest absolute Gasteiger partial charge is 0.341 e. The van der Waals surface area contributed by atoms with Gasteiger partial charge in [-0.05, 0) is 31.2 Å². The number of carbonyl (C=O) groups is 2. The van der Waals surface area contributed by atoms with Crippen LogP contribution in [-0.2, 0) is 4.79 Å². The van der Waals surface area contributed by atoms with E-state index in [1.54, 1.807) is 9.47 Å². The molecule has 1 saturated heterocycles. The summed E-state index contributed by atoms with van der Waals surface area (Å²) in [4.78, 5) is 36.8. The van der Waals surface area contributed by atoms with Gasteiger partial charge in [0.25, 0.3) is 0 Å². The Labute approximate surface area is 172 Å². The number of pyridine rings is 1. The van der Waals surface area contributed by atoms with Gasteiger partial charge in [-0.3, -0.25) is 4.79 Å². The van der Waals surface area contributed by atoms with Crippen molar-refractivity contribution in [1.82, 2.24) is 4.57 Å². The fraction of sp³-hybridized carbons (Fsp3) is 0.476. The molecule has 2 atom stereocenters. The van der Waals surface area contributed by atoms with Gasteiger partial charge in [-0.2, -0.15) is 0 Å². The van der Waals surface area contributed by atoms with Gasteiger partial charge in [-0.1, -0.05) is 0 Å². The first-order valence-corrected chi connectivity index (χ1v) is 10.00. The lowest BCUT2D eigenvalue weighted by atomic mass is 9.99. The second-order valence-corrected chi connectivity index (χ2v) is 8.02. The van der Waals surface area contributed by atoms with E-state index < -0.39 is 17.2 Å². The molecule has 30 heavy (non-hydrogen) atoms. The largest absolute Gasteiger partial charge is 0.492 e. The number of anilines is 1. The van der Waals surface area contributed by atoms with Crippen LogP contribution in [0, 0.1) is 11.7 Å². The topological polar surface area (TPSA) is 115 Å². The average molecular weight is 417 g/mol. The number of rotatable bonds is 7. The maximum absolute atomic E-state index is 15.3. The second-order valence-electron chi connectivity index (χ2n) is 8.02. The highest BCUT2D eigenvalue weighted by atomic mass is 19.1. The highest BCUT2D eigenvalue weighted by molar-refractivity contribution is 5.97. The molecule has 1 aromatic carbocycles. The van der Waals surface area contributed by atoms with Gasteiger partial charge in [0, 0.05) is 37.8 Å². The number of hydrogen-bond acceptors (Lipinski definition) is 6. The zero-order chi connectivity index (χ0) is 21.6. The summed E-state index contributed by atoms with van der Waals surface area (Å²) in [6.45, 7) is 0.859. The first-order valence-electron chi connectivity index (χ1n) is 10.00. The molecule has 1 aliphatic carbocycles. The number of fused-ring (bicyclic) bond motifs is 1. The van der Waals surface area contributed by atoms with Crippen LogP contribution in [0.4, 0.5) is 10.1 Å². The van der Waals surface area contributed by atoms with Crippen molar-refractivity contribution in [2.45, 2.75) is 37.8 Å². The van der Waals surface area contributed by atoms with Gasteiger partial charge >= 0.3 is 5.97 Å². The number of aldehydes is 1. The second kappa shape index (κ2) is 7.71. The Kier molecular flexibility index (Phi) is 5.23. The number of carboxylic acid groups (broad SMARTS) is 1. The molecular weight excluding hydrogens is 393 g/mol. The molecule has 9 heteroatoms. The monoisotopic (exact) mass is 417 g/mol. The highest BCUT2D eigenvalue weighted by Crippen LogP contribution is 2.44. The number of benzene rings is 1. The molecule has 1 aliphatic heterocycles. The normalized spacial score (nSPS) is 21.2. The summed E-state index contributed by atoms with van der Waals surface area (Å²) in [5, 5.41) is 9.41. The van der Waals surface area contributed by atoms with Crippen LogP contribution in [0.15, 0.2) is 17.1 Å². The summed E-state index contributed by atoms with van der Waals surface area (Å²) in [5.41, 5.74) is 5.71. The molecule has 2 fully saturated rings. The van der Waals surface area contributed by atoms with E-state index >= 15 is 4.39 Å².